The van der Waals surface area contributed by atoms with Crippen molar-refractivity contribution in [3.63, 3.8) is 0 Å². The van der Waals surface area contributed by atoms with Gasteiger partial charge in [-0.25, -0.2) is 10.0 Å². The van der Waals surface area contributed by atoms with E-state index in [1.807, 2.05) is 30.3 Å². The van der Waals surface area contributed by atoms with E-state index in [-0.39, 0.29) is 6.04 Å². The third kappa shape index (κ3) is 5.19. The van der Waals surface area contributed by atoms with Crippen LogP contribution in [0.1, 0.15) is 55.7 Å². The van der Waals surface area contributed by atoms with Gasteiger partial charge in [-0.15, -0.1) is 0 Å². The number of phenolic OH excluding ortho intramolecular Hbond substituents is 1. The largest absolute Gasteiger partial charge is 0.508 e. The van der Waals surface area contributed by atoms with Gasteiger partial charge in [0.05, 0.1) is 0 Å². The molecule has 1 N–H and O–H groups in total. The van der Waals surface area contributed by atoms with E-state index < -0.39 is 0 Å². The molecule has 29 heavy (non-hydrogen) atoms. The summed E-state index contributed by atoms with van der Waals surface area (Å²) in [6, 6.07) is 17.7. The number of hydrazine groups is 2. The van der Waals surface area contributed by atoms with E-state index in [4.69, 9.17) is 0 Å². The highest BCUT2D eigenvalue weighted by Gasteiger charge is 2.32. The van der Waals surface area contributed by atoms with Crippen LogP contribution in [0.2, 0.25) is 0 Å². The molecule has 2 fully saturated rings. The molecule has 4 nitrogen and oxygen atoms in total. The first kappa shape index (κ1) is 20.0. The molecule has 1 atom stereocenters. The molecule has 4 rings (SSSR count). The van der Waals surface area contributed by atoms with Gasteiger partial charge in [0.15, 0.2) is 0 Å². The standard InChI is InChI=1S/C25H31N3O/c29-24-14-10-13-23(21-24)25(16-15-22-11-4-1-5-12-22)28(26-17-6-2-7-18-26)27-19-8-3-9-20-27/h1,4-5,10-14,21,25,29H,2-3,6-9,17-20H2. The van der Waals surface area contributed by atoms with Crippen molar-refractivity contribution in [2.75, 3.05) is 26.2 Å². The second-order valence-corrected chi connectivity index (χ2v) is 7.98. The first-order valence-corrected chi connectivity index (χ1v) is 11.0. The van der Waals surface area contributed by atoms with Crippen LogP contribution in [0.15, 0.2) is 54.6 Å². The molecule has 1 unspecified atom stereocenters. The molecule has 4 heteroatoms. The van der Waals surface area contributed by atoms with Crippen LogP contribution in [0.4, 0.5) is 0 Å². The lowest BCUT2D eigenvalue weighted by Crippen LogP contribution is -2.57. The highest BCUT2D eigenvalue weighted by atomic mass is 16.3. The number of aromatic hydroxyl groups is 1. The zero-order valence-corrected chi connectivity index (χ0v) is 17.1. The third-order valence-electron chi connectivity index (χ3n) is 5.79. The van der Waals surface area contributed by atoms with E-state index in [2.05, 4.69) is 45.2 Å². The van der Waals surface area contributed by atoms with Crippen LogP contribution in [0.5, 0.6) is 5.75 Å². The first-order valence-electron chi connectivity index (χ1n) is 11.0. The van der Waals surface area contributed by atoms with E-state index in [1.54, 1.807) is 6.07 Å². The van der Waals surface area contributed by atoms with Crippen LogP contribution in [0, 0.1) is 11.8 Å². The SMILES string of the molecule is Oc1cccc(C(C#Cc2ccccc2)N(N2CCCCC2)N2CCCCC2)c1. The van der Waals surface area contributed by atoms with Gasteiger partial charge in [0.2, 0.25) is 0 Å². The summed E-state index contributed by atoms with van der Waals surface area (Å²) in [6.07, 6.45) is 7.51. The molecule has 2 aromatic carbocycles. The highest BCUT2D eigenvalue weighted by molar-refractivity contribution is 5.39. The molecule has 2 saturated heterocycles. The number of rotatable bonds is 4. The van der Waals surface area contributed by atoms with Crippen molar-refractivity contribution >= 4 is 0 Å². The normalized spacial score (nSPS) is 19.5. The quantitative estimate of drug-likeness (QED) is 0.775. The maximum absolute atomic E-state index is 10.2. The molecule has 2 aliphatic rings. The average molecular weight is 390 g/mol. The lowest BCUT2D eigenvalue weighted by atomic mass is 10.1. The summed E-state index contributed by atoms with van der Waals surface area (Å²) < 4.78 is 0. The third-order valence-corrected chi connectivity index (χ3v) is 5.79. The molecule has 152 valence electrons. The molecule has 0 radical (unpaired) electrons. The summed E-state index contributed by atoms with van der Waals surface area (Å²) in [4.78, 5) is 0. The van der Waals surface area contributed by atoms with Crippen LogP contribution < -0.4 is 0 Å². The van der Waals surface area contributed by atoms with E-state index in [9.17, 15) is 5.11 Å². The number of nitrogens with zero attached hydrogens (tertiary/aromatic N) is 3. The predicted molar refractivity (Wildman–Crippen MR) is 117 cm³/mol. The van der Waals surface area contributed by atoms with Crippen LogP contribution >= 0.6 is 0 Å². The molecule has 0 amide bonds. The Kier molecular flexibility index (Phi) is 6.84. The monoisotopic (exact) mass is 389 g/mol. The van der Waals surface area contributed by atoms with Gasteiger partial charge >= 0.3 is 0 Å². The zero-order valence-electron chi connectivity index (χ0n) is 17.1. The van der Waals surface area contributed by atoms with E-state index in [1.165, 1.54) is 38.5 Å². The van der Waals surface area contributed by atoms with Gasteiger partial charge in [-0.05, 0) is 55.5 Å². The smallest absolute Gasteiger partial charge is 0.126 e. The Hall–Kier alpha value is -2.32. The molecule has 2 aromatic rings. The summed E-state index contributed by atoms with van der Waals surface area (Å²) >= 11 is 0. The minimum Gasteiger partial charge on any atom is -0.508 e. The van der Waals surface area contributed by atoms with Gasteiger partial charge in [-0.1, -0.05) is 55.0 Å². The second kappa shape index (κ2) is 9.93. The van der Waals surface area contributed by atoms with Crippen LogP contribution in [0.25, 0.3) is 0 Å². The Morgan fingerprint density at radius 3 is 1.97 bits per heavy atom. The van der Waals surface area contributed by atoms with Crippen molar-refractivity contribution in [2.24, 2.45) is 0 Å². The fraction of sp³-hybridized carbons (Fsp3) is 0.440. The molecule has 2 aliphatic heterocycles. The van der Waals surface area contributed by atoms with Gasteiger partial charge in [-0.2, -0.15) is 5.12 Å². The minimum atomic E-state index is -0.112. The van der Waals surface area contributed by atoms with Crippen molar-refractivity contribution in [2.45, 2.75) is 44.6 Å². The summed E-state index contributed by atoms with van der Waals surface area (Å²) in [5.74, 6) is 7.25. The zero-order chi connectivity index (χ0) is 19.9. The lowest BCUT2D eigenvalue weighted by Gasteiger charge is -2.47. The average Bonchev–Trinajstić information content (AvgIpc) is 2.78. The van der Waals surface area contributed by atoms with Gasteiger partial charge in [-0.3, -0.25) is 0 Å². The maximum atomic E-state index is 10.2. The Morgan fingerprint density at radius 2 is 1.38 bits per heavy atom. The van der Waals surface area contributed by atoms with Crippen molar-refractivity contribution < 1.29 is 5.11 Å². The number of phenols is 1. The molecular formula is C25H31N3O. The summed E-state index contributed by atoms with van der Waals surface area (Å²) in [5, 5.41) is 17.6. The number of hydrogen-bond donors (Lipinski definition) is 1. The van der Waals surface area contributed by atoms with E-state index in [0.717, 1.165) is 37.3 Å². The van der Waals surface area contributed by atoms with Gasteiger partial charge < -0.3 is 5.11 Å². The van der Waals surface area contributed by atoms with Crippen molar-refractivity contribution in [3.05, 3.63) is 65.7 Å². The molecule has 2 heterocycles. The van der Waals surface area contributed by atoms with Crippen molar-refractivity contribution in [1.82, 2.24) is 15.1 Å². The van der Waals surface area contributed by atoms with Crippen molar-refractivity contribution in [3.8, 4) is 17.6 Å². The molecule has 0 saturated carbocycles. The van der Waals surface area contributed by atoms with Crippen LogP contribution in [0.3, 0.4) is 0 Å². The minimum absolute atomic E-state index is 0.112. The molecular weight excluding hydrogens is 358 g/mol. The predicted octanol–water partition coefficient (Wildman–Crippen LogP) is 4.59. The maximum Gasteiger partial charge on any atom is 0.126 e. The number of piperidine rings is 2. The van der Waals surface area contributed by atoms with E-state index >= 15 is 0 Å². The Bertz CT molecular complexity index is 812. The van der Waals surface area contributed by atoms with Crippen LogP contribution in [-0.4, -0.2) is 46.4 Å². The Morgan fingerprint density at radius 1 is 0.759 bits per heavy atom. The van der Waals surface area contributed by atoms with E-state index in [0.29, 0.717) is 5.75 Å². The fourth-order valence-electron chi connectivity index (χ4n) is 4.31. The fourth-order valence-corrected chi connectivity index (χ4v) is 4.31. The molecule has 0 bridgehead atoms. The topological polar surface area (TPSA) is 30.0 Å². The van der Waals surface area contributed by atoms with Gasteiger partial charge in [0, 0.05) is 31.7 Å². The number of hydrogen-bond acceptors (Lipinski definition) is 4. The molecule has 0 aromatic heterocycles. The second-order valence-electron chi connectivity index (χ2n) is 7.98. The lowest BCUT2D eigenvalue weighted by molar-refractivity contribution is -0.214. The first-order chi connectivity index (χ1) is 14.3. The van der Waals surface area contributed by atoms with Gasteiger partial charge in [0.1, 0.15) is 11.8 Å². The summed E-state index contributed by atoms with van der Waals surface area (Å²) in [7, 11) is 0. The molecule has 0 spiro atoms. The number of benzene rings is 2. The molecule has 0 aliphatic carbocycles. The Balaban J connectivity index is 1.73. The highest BCUT2D eigenvalue weighted by Crippen LogP contribution is 2.30. The van der Waals surface area contributed by atoms with Crippen molar-refractivity contribution in [1.29, 1.82) is 0 Å². The summed E-state index contributed by atoms with van der Waals surface area (Å²) in [6.45, 7) is 4.27. The Labute approximate surface area is 174 Å². The summed E-state index contributed by atoms with van der Waals surface area (Å²) in [5.41, 5.74) is 2.07. The van der Waals surface area contributed by atoms with Gasteiger partial charge in [0.25, 0.3) is 0 Å². The van der Waals surface area contributed by atoms with Crippen LogP contribution in [-0.2, 0) is 0 Å².